The van der Waals surface area contributed by atoms with Gasteiger partial charge in [0.25, 0.3) is 0 Å². The number of carbonyl (C=O) groups is 1. The van der Waals surface area contributed by atoms with E-state index in [0.29, 0.717) is 0 Å². The lowest BCUT2D eigenvalue weighted by Gasteiger charge is -2.25. The fraction of sp³-hybridized carbons (Fsp3) is 0.462. The van der Waals surface area contributed by atoms with Crippen LogP contribution in [0, 0.1) is 0 Å². The minimum atomic E-state index is -0.462. The molecule has 1 saturated heterocycles. The fourth-order valence-corrected chi connectivity index (χ4v) is 2.36. The summed E-state index contributed by atoms with van der Waals surface area (Å²) in [5.74, 6) is -0.207. The second-order valence-electron chi connectivity index (χ2n) is 4.46. The van der Waals surface area contributed by atoms with Gasteiger partial charge in [-0.3, -0.25) is 4.79 Å². The highest BCUT2D eigenvalue weighted by molar-refractivity contribution is 5.85. The Kier molecular flexibility index (Phi) is 3.25. The first-order valence-electron chi connectivity index (χ1n) is 5.82. The van der Waals surface area contributed by atoms with E-state index >= 15 is 0 Å². The number of carbonyl (C=O) groups excluding carboxylic acids is 1. The van der Waals surface area contributed by atoms with E-state index in [-0.39, 0.29) is 5.91 Å². The summed E-state index contributed by atoms with van der Waals surface area (Å²) in [7, 11) is 0. The molecule has 1 fully saturated rings. The van der Waals surface area contributed by atoms with Crippen LogP contribution in [0.5, 0.6) is 0 Å². The van der Waals surface area contributed by atoms with E-state index in [1.54, 1.807) is 0 Å². The van der Waals surface area contributed by atoms with Crippen molar-refractivity contribution in [1.29, 1.82) is 0 Å². The summed E-state index contributed by atoms with van der Waals surface area (Å²) in [5, 5.41) is 3.27. The highest BCUT2D eigenvalue weighted by Gasteiger charge is 2.38. The summed E-state index contributed by atoms with van der Waals surface area (Å²) >= 11 is 0. The van der Waals surface area contributed by atoms with Gasteiger partial charge in [-0.05, 0) is 37.8 Å². The van der Waals surface area contributed by atoms with Gasteiger partial charge in [0, 0.05) is 0 Å². The second kappa shape index (κ2) is 4.66. The van der Waals surface area contributed by atoms with Crippen LogP contribution in [0.1, 0.15) is 24.8 Å². The third-order valence-corrected chi connectivity index (χ3v) is 3.40. The van der Waals surface area contributed by atoms with E-state index in [2.05, 4.69) is 17.4 Å². The lowest BCUT2D eigenvalue weighted by Crippen LogP contribution is -2.51. The molecule has 1 atom stereocenters. The number of rotatable bonds is 4. The van der Waals surface area contributed by atoms with Crippen molar-refractivity contribution in [2.45, 2.75) is 31.2 Å². The number of aryl methyl sites for hydroxylation is 1. The number of nitrogens with two attached hydrogens (primary N) is 1. The molecule has 86 valence electrons. The van der Waals surface area contributed by atoms with E-state index in [9.17, 15) is 4.79 Å². The number of primary amides is 1. The molecule has 16 heavy (non-hydrogen) atoms. The summed E-state index contributed by atoms with van der Waals surface area (Å²) in [4.78, 5) is 11.5. The van der Waals surface area contributed by atoms with Gasteiger partial charge in [0.05, 0.1) is 5.54 Å². The van der Waals surface area contributed by atoms with Gasteiger partial charge in [-0.15, -0.1) is 0 Å². The van der Waals surface area contributed by atoms with Crippen LogP contribution in [0.4, 0.5) is 0 Å². The predicted molar refractivity (Wildman–Crippen MR) is 63.9 cm³/mol. The van der Waals surface area contributed by atoms with Crippen molar-refractivity contribution in [3.05, 3.63) is 35.9 Å². The molecule has 1 aliphatic rings. The molecule has 1 unspecified atom stereocenters. The number of benzene rings is 1. The molecule has 0 spiro atoms. The van der Waals surface area contributed by atoms with Crippen LogP contribution in [0.2, 0.25) is 0 Å². The van der Waals surface area contributed by atoms with Crippen LogP contribution in [-0.2, 0) is 11.2 Å². The maximum Gasteiger partial charge on any atom is 0.237 e. The summed E-state index contributed by atoms with van der Waals surface area (Å²) < 4.78 is 0. The summed E-state index contributed by atoms with van der Waals surface area (Å²) in [6, 6.07) is 10.2. The summed E-state index contributed by atoms with van der Waals surface area (Å²) in [6.45, 7) is 0.901. The van der Waals surface area contributed by atoms with Crippen molar-refractivity contribution in [2.24, 2.45) is 5.73 Å². The number of hydrogen-bond donors (Lipinski definition) is 2. The number of hydrogen-bond acceptors (Lipinski definition) is 2. The molecule has 3 N–H and O–H groups in total. The van der Waals surface area contributed by atoms with Gasteiger partial charge in [-0.1, -0.05) is 30.3 Å². The number of nitrogens with one attached hydrogen (secondary N) is 1. The first-order chi connectivity index (χ1) is 7.73. The van der Waals surface area contributed by atoms with Gasteiger partial charge in [-0.25, -0.2) is 0 Å². The highest BCUT2D eigenvalue weighted by Crippen LogP contribution is 2.24. The Bertz CT molecular complexity index is 355. The Labute approximate surface area is 96.0 Å². The van der Waals surface area contributed by atoms with Crippen molar-refractivity contribution < 1.29 is 4.79 Å². The van der Waals surface area contributed by atoms with Gasteiger partial charge in [0.1, 0.15) is 0 Å². The molecule has 3 nitrogen and oxygen atoms in total. The van der Waals surface area contributed by atoms with Crippen molar-refractivity contribution in [2.75, 3.05) is 6.54 Å². The van der Waals surface area contributed by atoms with Crippen molar-refractivity contribution in [3.63, 3.8) is 0 Å². The molecule has 1 amide bonds. The highest BCUT2D eigenvalue weighted by atomic mass is 16.1. The molecule has 0 bridgehead atoms. The van der Waals surface area contributed by atoms with E-state index < -0.39 is 5.54 Å². The summed E-state index contributed by atoms with van der Waals surface area (Å²) in [6.07, 6.45) is 3.61. The van der Waals surface area contributed by atoms with Crippen LogP contribution in [0.3, 0.4) is 0 Å². The molecule has 0 aliphatic carbocycles. The van der Waals surface area contributed by atoms with Crippen molar-refractivity contribution in [1.82, 2.24) is 5.32 Å². The molecular weight excluding hydrogens is 200 g/mol. The molecule has 1 heterocycles. The standard InChI is InChI=1S/C13H18N2O/c14-12(16)13(8-4-10-15-13)9-7-11-5-2-1-3-6-11/h1-3,5-6,15H,4,7-10H2,(H2,14,16). The molecule has 0 aromatic heterocycles. The molecule has 1 aromatic carbocycles. The van der Waals surface area contributed by atoms with Gasteiger partial charge in [0.2, 0.25) is 5.91 Å². The minimum absolute atomic E-state index is 0.207. The fourth-order valence-electron chi connectivity index (χ4n) is 2.36. The van der Waals surface area contributed by atoms with Crippen LogP contribution in [0.25, 0.3) is 0 Å². The SMILES string of the molecule is NC(=O)C1(CCc2ccccc2)CCCN1. The monoisotopic (exact) mass is 218 g/mol. The summed E-state index contributed by atoms with van der Waals surface area (Å²) in [5.41, 5.74) is 6.29. The van der Waals surface area contributed by atoms with Gasteiger partial charge < -0.3 is 11.1 Å². The molecule has 0 radical (unpaired) electrons. The van der Waals surface area contributed by atoms with Crippen LogP contribution >= 0.6 is 0 Å². The first kappa shape index (κ1) is 11.1. The Morgan fingerprint density at radius 3 is 2.69 bits per heavy atom. The zero-order chi connectivity index (χ0) is 11.4. The zero-order valence-corrected chi connectivity index (χ0v) is 9.41. The maximum absolute atomic E-state index is 11.5. The zero-order valence-electron chi connectivity index (χ0n) is 9.41. The third-order valence-electron chi connectivity index (χ3n) is 3.40. The molecule has 2 rings (SSSR count). The Balaban J connectivity index is 2.00. The van der Waals surface area contributed by atoms with E-state index in [0.717, 1.165) is 32.2 Å². The van der Waals surface area contributed by atoms with Gasteiger partial charge in [0.15, 0.2) is 0 Å². The Morgan fingerprint density at radius 1 is 1.38 bits per heavy atom. The maximum atomic E-state index is 11.5. The Morgan fingerprint density at radius 2 is 2.12 bits per heavy atom. The number of amides is 1. The van der Waals surface area contributed by atoms with E-state index in [4.69, 9.17) is 5.73 Å². The van der Waals surface area contributed by atoms with Crippen molar-refractivity contribution >= 4 is 5.91 Å². The molecular formula is C13H18N2O. The topological polar surface area (TPSA) is 55.1 Å². The average molecular weight is 218 g/mol. The van der Waals surface area contributed by atoms with Crippen molar-refractivity contribution in [3.8, 4) is 0 Å². The molecule has 0 saturated carbocycles. The van der Waals surface area contributed by atoms with Gasteiger partial charge >= 0.3 is 0 Å². The van der Waals surface area contributed by atoms with Crippen LogP contribution in [-0.4, -0.2) is 18.0 Å². The third kappa shape index (κ3) is 2.25. The van der Waals surface area contributed by atoms with E-state index in [1.807, 2.05) is 18.2 Å². The van der Waals surface area contributed by atoms with Crippen LogP contribution < -0.4 is 11.1 Å². The lowest BCUT2D eigenvalue weighted by molar-refractivity contribution is -0.124. The molecule has 3 heteroatoms. The molecule has 1 aromatic rings. The smallest absolute Gasteiger partial charge is 0.237 e. The second-order valence-corrected chi connectivity index (χ2v) is 4.46. The quantitative estimate of drug-likeness (QED) is 0.798. The normalized spacial score (nSPS) is 24.5. The first-order valence-corrected chi connectivity index (χ1v) is 5.82. The minimum Gasteiger partial charge on any atom is -0.368 e. The lowest BCUT2D eigenvalue weighted by atomic mass is 9.89. The van der Waals surface area contributed by atoms with E-state index in [1.165, 1.54) is 5.56 Å². The van der Waals surface area contributed by atoms with Crippen LogP contribution in [0.15, 0.2) is 30.3 Å². The largest absolute Gasteiger partial charge is 0.368 e. The Hall–Kier alpha value is -1.35. The molecule has 1 aliphatic heterocycles. The predicted octanol–water partition coefficient (Wildman–Crippen LogP) is 1.23. The van der Waals surface area contributed by atoms with Gasteiger partial charge in [-0.2, -0.15) is 0 Å². The average Bonchev–Trinajstić information content (AvgIpc) is 2.78.